The molecule has 0 N–H and O–H groups in total. The van der Waals surface area contributed by atoms with E-state index >= 15 is 0 Å². The maximum absolute atomic E-state index is 11.4. The Labute approximate surface area is 88.6 Å². The van der Waals surface area contributed by atoms with Gasteiger partial charge in [-0.1, -0.05) is 24.3 Å². The van der Waals surface area contributed by atoms with Crippen molar-refractivity contribution < 1.29 is 9.53 Å². The van der Waals surface area contributed by atoms with Gasteiger partial charge in [0.2, 0.25) is 0 Å². The van der Waals surface area contributed by atoms with E-state index in [1.54, 1.807) is 6.08 Å². The van der Waals surface area contributed by atoms with E-state index in [1.807, 2.05) is 12.1 Å². The Morgan fingerprint density at radius 1 is 1.27 bits per heavy atom. The lowest BCUT2D eigenvalue weighted by atomic mass is 9.86. The van der Waals surface area contributed by atoms with Crippen LogP contribution >= 0.6 is 0 Å². The second-order valence-corrected chi connectivity index (χ2v) is 4.06. The smallest absolute Gasteiger partial charge is 0.156 e. The molecule has 0 fully saturated rings. The average Bonchev–Trinajstić information content (AvgIpc) is 2.29. The molecule has 0 aromatic heterocycles. The van der Waals surface area contributed by atoms with E-state index in [-0.39, 0.29) is 11.9 Å². The minimum Gasteiger partial charge on any atom is -0.369 e. The van der Waals surface area contributed by atoms with Crippen molar-refractivity contribution in [1.82, 2.24) is 0 Å². The van der Waals surface area contributed by atoms with Crippen molar-refractivity contribution in [2.75, 3.05) is 0 Å². The molecule has 0 saturated heterocycles. The Balaban J connectivity index is 2.14. The molecule has 0 radical (unpaired) electrons. The fraction of sp³-hybridized carbons (Fsp3) is 0.308. The third kappa shape index (κ3) is 1.41. The van der Waals surface area contributed by atoms with Crippen LogP contribution in [0.2, 0.25) is 0 Å². The van der Waals surface area contributed by atoms with E-state index < -0.39 is 0 Å². The molecular weight excluding hydrogens is 188 g/mol. The fourth-order valence-electron chi connectivity index (χ4n) is 2.31. The molecule has 3 rings (SSSR count). The number of allylic oxidation sites excluding steroid dienone is 1. The van der Waals surface area contributed by atoms with Crippen molar-refractivity contribution in [1.29, 1.82) is 0 Å². The molecule has 2 nitrogen and oxygen atoms in total. The molecule has 2 heteroatoms. The van der Waals surface area contributed by atoms with Gasteiger partial charge in [0.05, 0.1) is 12.7 Å². The van der Waals surface area contributed by atoms with Gasteiger partial charge in [-0.05, 0) is 29.2 Å². The second-order valence-electron chi connectivity index (χ2n) is 4.06. The monoisotopic (exact) mass is 200 g/mol. The summed E-state index contributed by atoms with van der Waals surface area (Å²) in [5.41, 5.74) is 3.46. The maximum atomic E-state index is 11.4. The number of ether oxygens (including phenoxy) is 1. The van der Waals surface area contributed by atoms with Gasteiger partial charge in [0.15, 0.2) is 5.78 Å². The Kier molecular flexibility index (Phi) is 1.96. The predicted octanol–water partition coefficient (Wildman–Crippen LogP) is 2.33. The van der Waals surface area contributed by atoms with E-state index in [9.17, 15) is 4.79 Å². The van der Waals surface area contributed by atoms with E-state index in [2.05, 4.69) is 12.1 Å². The molecule has 1 unspecified atom stereocenters. The van der Waals surface area contributed by atoms with Crippen LogP contribution in [0, 0.1) is 0 Å². The van der Waals surface area contributed by atoms with Gasteiger partial charge in [0.1, 0.15) is 0 Å². The number of benzene rings is 1. The number of hydrogen-bond donors (Lipinski definition) is 0. The molecule has 1 aromatic rings. The molecule has 15 heavy (non-hydrogen) atoms. The van der Waals surface area contributed by atoms with E-state index in [0.717, 1.165) is 12.0 Å². The fourth-order valence-corrected chi connectivity index (χ4v) is 2.31. The molecule has 76 valence electrons. The minimum atomic E-state index is 0.137. The Morgan fingerprint density at radius 3 is 3.07 bits per heavy atom. The molecule has 1 aliphatic heterocycles. The van der Waals surface area contributed by atoms with E-state index in [1.165, 1.54) is 11.1 Å². The second kappa shape index (κ2) is 3.31. The zero-order valence-corrected chi connectivity index (χ0v) is 8.40. The molecule has 1 atom stereocenters. The van der Waals surface area contributed by atoms with Gasteiger partial charge in [-0.3, -0.25) is 4.79 Å². The van der Waals surface area contributed by atoms with Crippen molar-refractivity contribution >= 4 is 11.4 Å². The summed E-state index contributed by atoms with van der Waals surface area (Å²) in [6.07, 6.45) is 3.35. The highest BCUT2D eigenvalue weighted by atomic mass is 16.5. The lowest BCUT2D eigenvalue weighted by molar-refractivity contribution is -0.115. The number of carbonyl (C=O) groups excluding carboxylic acids is 1. The van der Waals surface area contributed by atoms with Crippen molar-refractivity contribution in [2.45, 2.75) is 25.6 Å². The van der Waals surface area contributed by atoms with Gasteiger partial charge < -0.3 is 4.74 Å². The van der Waals surface area contributed by atoms with Crippen molar-refractivity contribution in [3.05, 3.63) is 41.5 Å². The van der Waals surface area contributed by atoms with Crippen molar-refractivity contribution in [3.8, 4) is 0 Å². The van der Waals surface area contributed by atoms with Crippen LogP contribution in [-0.4, -0.2) is 11.9 Å². The molecule has 1 heterocycles. The summed E-state index contributed by atoms with van der Waals surface area (Å²) in [6, 6.07) is 8.16. The Morgan fingerprint density at radius 2 is 2.13 bits per heavy atom. The number of fused-ring (bicyclic) bond motifs is 3. The molecule has 0 saturated carbocycles. The predicted molar refractivity (Wildman–Crippen MR) is 57.2 cm³/mol. The normalized spacial score (nSPS) is 24.1. The first-order valence-electron chi connectivity index (χ1n) is 5.29. The highest BCUT2D eigenvalue weighted by Crippen LogP contribution is 2.35. The van der Waals surface area contributed by atoms with Gasteiger partial charge in [0.25, 0.3) is 0 Å². The summed E-state index contributed by atoms with van der Waals surface area (Å²) in [5, 5.41) is 0. The molecule has 0 amide bonds. The van der Waals surface area contributed by atoms with Gasteiger partial charge in [-0.15, -0.1) is 0 Å². The van der Waals surface area contributed by atoms with E-state index in [4.69, 9.17) is 4.74 Å². The summed E-state index contributed by atoms with van der Waals surface area (Å²) >= 11 is 0. The molecule has 1 aliphatic carbocycles. The van der Waals surface area contributed by atoms with Crippen LogP contribution in [0.3, 0.4) is 0 Å². The van der Waals surface area contributed by atoms with Crippen LogP contribution in [0.15, 0.2) is 30.3 Å². The Hall–Kier alpha value is -1.41. The van der Waals surface area contributed by atoms with Crippen LogP contribution in [0.25, 0.3) is 5.57 Å². The standard InChI is InChI=1S/C13H12O2/c14-10-5-6-13-12(7-10)11-4-2-1-3-9(11)8-15-13/h1-4,7,13H,5-6,8H2. The van der Waals surface area contributed by atoms with Crippen LogP contribution < -0.4 is 0 Å². The summed E-state index contributed by atoms with van der Waals surface area (Å²) in [5.74, 6) is 0.224. The third-order valence-electron chi connectivity index (χ3n) is 3.08. The maximum Gasteiger partial charge on any atom is 0.156 e. The topological polar surface area (TPSA) is 26.3 Å². The molecule has 0 spiro atoms. The lowest BCUT2D eigenvalue weighted by Crippen LogP contribution is -2.25. The number of carbonyl (C=O) groups is 1. The number of rotatable bonds is 0. The summed E-state index contributed by atoms with van der Waals surface area (Å²) in [4.78, 5) is 11.4. The zero-order valence-electron chi connectivity index (χ0n) is 8.40. The lowest BCUT2D eigenvalue weighted by Gasteiger charge is -2.30. The zero-order chi connectivity index (χ0) is 10.3. The van der Waals surface area contributed by atoms with Crippen LogP contribution in [0.4, 0.5) is 0 Å². The summed E-state index contributed by atoms with van der Waals surface area (Å²) in [7, 11) is 0. The van der Waals surface area contributed by atoms with Gasteiger partial charge in [-0.25, -0.2) is 0 Å². The first-order chi connectivity index (χ1) is 7.34. The molecular formula is C13H12O2. The first kappa shape index (κ1) is 8.86. The largest absolute Gasteiger partial charge is 0.369 e. The minimum absolute atomic E-state index is 0.137. The highest BCUT2D eigenvalue weighted by Gasteiger charge is 2.28. The quantitative estimate of drug-likeness (QED) is 0.642. The van der Waals surface area contributed by atoms with Crippen LogP contribution in [-0.2, 0) is 16.1 Å². The SMILES string of the molecule is O=C1C=C2c3ccccc3COC2CC1. The van der Waals surface area contributed by atoms with Crippen LogP contribution in [0.1, 0.15) is 24.0 Å². The average molecular weight is 200 g/mol. The molecule has 1 aromatic carbocycles. The summed E-state index contributed by atoms with van der Waals surface area (Å²) in [6.45, 7) is 0.673. The van der Waals surface area contributed by atoms with Crippen LogP contribution in [0.5, 0.6) is 0 Å². The van der Waals surface area contributed by atoms with Crippen molar-refractivity contribution in [2.24, 2.45) is 0 Å². The van der Waals surface area contributed by atoms with E-state index in [0.29, 0.717) is 13.0 Å². The number of hydrogen-bond acceptors (Lipinski definition) is 2. The van der Waals surface area contributed by atoms with Gasteiger partial charge in [0, 0.05) is 6.42 Å². The van der Waals surface area contributed by atoms with Crippen molar-refractivity contribution in [3.63, 3.8) is 0 Å². The first-order valence-corrected chi connectivity index (χ1v) is 5.29. The molecule has 2 aliphatic rings. The molecule has 0 bridgehead atoms. The highest BCUT2D eigenvalue weighted by molar-refractivity contribution is 5.99. The van der Waals surface area contributed by atoms with Gasteiger partial charge >= 0.3 is 0 Å². The third-order valence-corrected chi connectivity index (χ3v) is 3.08. The summed E-state index contributed by atoms with van der Waals surface area (Å²) < 4.78 is 5.74. The van der Waals surface area contributed by atoms with Gasteiger partial charge in [-0.2, -0.15) is 0 Å². The Bertz CT molecular complexity index is 446. The number of ketones is 1.